The first-order valence-corrected chi connectivity index (χ1v) is 6.11. The van der Waals surface area contributed by atoms with E-state index in [1.807, 2.05) is 24.6 Å². The van der Waals surface area contributed by atoms with Gasteiger partial charge in [-0.1, -0.05) is 0 Å². The first-order chi connectivity index (χ1) is 8.74. The van der Waals surface area contributed by atoms with E-state index in [-0.39, 0.29) is 0 Å². The van der Waals surface area contributed by atoms with Gasteiger partial charge in [-0.3, -0.25) is 0 Å². The first-order valence-electron chi connectivity index (χ1n) is 6.11. The van der Waals surface area contributed by atoms with Crippen molar-refractivity contribution in [3.63, 3.8) is 0 Å². The van der Waals surface area contributed by atoms with Crippen LogP contribution < -0.4 is 4.90 Å². The third kappa shape index (κ3) is 1.94. The van der Waals surface area contributed by atoms with Gasteiger partial charge in [0.15, 0.2) is 0 Å². The van der Waals surface area contributed by atoms with Gasteiger partial charge in [0.1, 0.15) is 24.3 Å². The molecule has 0 aliphatic carbocycles. The van der Waals surface area contributed by atoms with Crippen LogP contribution in [0.15, 0.2) is 18.7 Å². The van der Waals surface area contributed by atoms with E-state index < -0.39 is 0 Å². The zero-order valence-corrected chi connectivity index (χ0v) is 10.6. The van der Waals surface area contributed by atoms with Crippen LogP contribution in [0.5, 0.6) is 0 Å². The van der Waals surface area contributed by atoms with Crippen LogP contribution in [0.25, 0.3) is 0 Å². The van der Waals surface area contributed by atoms with Crippen LogP contribution in [0.1, 0.15) is 23.9 Å². The van der Waals surface area contributed by atoms with Gasteiger partial charge in [0.2, 0.25) is 0 Å². The van der Waals surface area contributed by atoms with E-state index >= 15 is 0 Å². The number of hydrogen-bond donors (Lipinski definition) is 0. The molecule has 0 bridgehead atoms. The molecule has 2 aromatic heterocycles. The van der Waals surface area contributed by atoms with Gasteiger partial charge >= 0.3 is 0 Å². The number of aryl methyl sites for hydroxylation is 2. The summed E-state index contributed by atoms with van der Waals surface area (Å²) in [5.74, 6) is 2.50. The van der Waals surface area contributed by atoms with E-state index in [0.29, 0.717) is 5.92 Å². The maximum Gasteiger partial charge on any atom is 0.137 e. The van der Waals surface area contributed by atoms with Gasteiger partial charge in [-0.2, -0.15) is 0 Å². The van der Waals surface area contributed by atoms with Crippen molar-refractivity contribution in [2.75, 3.05) is 18.0 Å². The van der Waals surface area contributed by atoms with Gasteiger partial charge in [-0.05, 0) is 13.3 Å². The highest BCUT2D eigenvalue weighted by atomic mass is 15.3. The molecular formula is C12H16N6. The number of nitrogens with zero attached hydrogens (tertiary/aromatic N) is 6. The van der Waals surface area contributed by atoms with E-state index in [4.69, 9.17) is 0 Å². The van der Waals surface area contributed by atoms with E-state index in [9.17, 15) is 0 Å². The van der Waals surface area contributed by atoms with Crippen molar-refractivity contribution in [2.24, 2.45) is 7.05 Å². The zero-order valence-electron chi connectivity index (χ0n) is 10.6. The quantitative estimate of drug-likeness (QED) is 0.785. The fourth-order valence-electron chi connectivity index (χ4n) is 2.45. The van der Waals surface area contributed by atoms with Crippen LogP contribution in [0, 0.1) is 6.92 Å². The molecule has 94 valence electrons. The number of rotatable bonds is 2. The Balaban J connectivity index is 1.78. The van der Waals surface area contributed by atoms with Crippen molar-refractivity contribution in [1.29, 1.82) is 0 Å². The minimum absolute atomic E-state index is 0.438. The third-order valence-electron chi connectivity index (χ3n) is 3.41. The Morgan fingerprint density at radius 1 is 1.33 bits per heavy atom. The predicted molar refractivity (Wildman–Crippen MR) is 67.3 cm³/mol. The second-order valence-corrected chi connectivity index (χ2v) is 4.75. The molecule has 1 aliphatic rings. The second kappa shape index (κ2) is 4.36. The van der Waals surface area contributed by atoms with Crippen LogP contribution in [0.3, 0.4) is 0 Å². The van der Waals surface area contributed by atoms with Crippen molar-refractivity contribution < 1.29 is 0 Å². The van der Waals surface area contributed by atoms with Crippen molar-refractivity contribution in [2.45, 2.75) is 19.3 Å². The fraction of sp³-hybridized carbons (Fsp3) is 0.500. The van der Waals surface area contributed by atoms with Gasteiger partial charge < -0.3 is 9.47 Å². The lowest BCUT2D eigenvalue weighted by atomic mass is 10.1. The van der Waals surface area contributed by atoms with Crippen molar-refractivity contribution >= 4 is 5.82 Å². The lowest BCUT2D eigenvalue weighted by Gasteiger charge is -2.17. The summed E-state index contributed by atoms with van der Waals surface area (Å²) in [7, 11) is 1.99. The number of hydrogen-bond acceptors (Lipinski definition) is 5. The van der Waals surface area contributed by atoms with E-state index in [1.165, 1.54) is 0 Å². The topological polar surface area (TPSA) is 59.7 Å². The normalized spacial score (nSPS) is 19.4. The largest absolute Gasteiger partial charge is 0.356 e. The molecule has 2 aromatic rings. The Bertz CT molecular complexity index is 549. The standard InChI is InChI=1S/C12H16N6/c1-9-5-11(14-7-13-9)18-4-3-10(6-18)12-16-15-8-17(12)2/h5,7-8,10H,3-4,6H2,1-2H3/t10-/m1/s1. The molecule has 1 aliphatic heterocycles. The Morgan fingerprint density at radius 3 is 2.94 bits per heavy atom. The van der Waals surface area contributed by atoms with Crippen LogP contribution in [0.2, 0.25) is 0 Å². The zero-order chi connectivity index (χ0) is 12.5. The summed E-state index contributed by atoms with van der Waals surface area (Å²) in [6, 6.07) is 2.03. The van der Waals surface area contributed by atoms with Crippen LogP contribution in [-0.4, -0.2) is 37.8 Å². The average molecular weight is 244 g/mol. The molecule has 1 saturated heterocycles. The lowest BCUT2D eigenvalue weighted by Crippen LogP contribution is -2.21. The molecule has 1 atom stereocenters. The maximum atomic E-state index is 4.33. The predicted octanol–water partition coefficient (Wildman–Crippen LogP) is 0.907. The molecule has 0 saturated carbocycles. The van der Waals surface area contributed by atoms with Gasteiger partial charge in [0.05, 0.1) is 0 Å². The second-order valence-electron chi connectivity index (χ2n) is 4.75. The Morgan fingerprint density at radius 2 is 2.22 bits per heavy atom. The smallest absolute Gasteiger partial charge is 0.137 e. The average Bonchev–Trinajstić information content (AvgIpc) is 2.97. The number of anilines is 1. The van der Waals surface area contributed by atoms with Crippen molar-refractivity contribution in [3.05, 3.63) is 30.2 Å². The Labute approximate surface area is 106 Å². The Hall–Kier alpha value is -1.98. The minimum atomic E-state index is 0.438. The molecular weight excluding hydrogens is 228 g/mol. The molecule has 0 radical (unpaired) electrons. The van der Waals surface area contributed by atoms with Crippen LogP contribution in [0.4, 0.5) is 5.82 Å². The SMILES string of the molecule is Cc1cc(N2CC[C@@H](c3nncn3C)C2)ncn1. The first kappa shape index (κ1) is 11.1. The summed E-state index contributed by atoms with van der Waals surface area (Å²) in [5.41, 5.74) is 1.00. The molecule has 0 aromatic carbocycles. The highest BCUT2D eigenvalue weighted by molar-refractivity contribution is 5.40. The highest BCUT2D eigenvalue weighted by Crippen LogP contribution is 2.28. The molecule has 1 fully saturated rings. The minimum Gasteiger partial charge on any atom is -0.356 e. The lowest BCUT2D eigenvalue weighted by molar-refractivity contribution is 0.662. The summed E-state index contributed by atoms with van der Waals surface area (Å²) in [5, 5.41) is 8.14. The summed E-state index contributed by atoms with van der Waals surface area (Å²) in [6.07, 6.45) is 4.47. The molecule has 18 heavy (non-hydrogen) atoms. The molecule has 0 N–H and O–H groups in total. The van der Waals surface area contributed by atoms with Gasteiger partial charge in [-0.15, -0.1) is 10.2 Å². The van der Waals surface area contributed by atoms with Gasteiger partial charge in [-0.25, -0.2) is 9.97 Å². The molecule has 6 heteroatoms. The van der Waals surface area contributed by atoms with E-state index in [2.05, 4.69) is 25.1 Å². The highest BCUT2D eigenvalue weighted by Gasteiger charge is 2.27. The van der Waals surface area contributed by atoms with Crippen molar-refractivity contribution in [3.8, 4) is 0 Å². The maximum absolute atomic E-state index is 4.33. The molecule has 0 spiro atoms. The van der Waals surface area contributed by atoms with Gasteiger partial charge in [0.25, 0.3) is 0 Å². The molecule has 0 unspecified atom stereocenters. The summed E-state index contributed by atoms with van der Waals surface area (Å²) >= 11 is 0. The van der Waals surface area contributed by atoms with Gasteiger partial charge in [0, 0.05) is 37.8 Å². The summed E-state index contributed by atoms with van der Waals surface area (Å²) in [4.78, 5) is 10.7. The molecule has 3 rings (SSSR count). The Kier molecular flexibility index (Phi) is 2.70. The van der Waals surface area contributed by atoms with E-state index in [1.54, 1.807) is 12.7 Å². The fourth-order valence-corrected chi connectivity index (χ4v) is 2.45. The van der Waals surface area contributed by atoms with Crippen molar-refractivity contribution in [1.82, 2.24) is 24.7 Å². The summed E-state index contributed by atoms with van der Waals surface area (Å²) in [6.45, 7) is 3.94. The molecule has 6 nitrogen and oxygen atoms in total. The molecule has 0 amide bonds. The van der Waals surface area contributed by atoms with Crippen LogP contribution in [-0.2, 0) is 7.05 Å². The third-order valence-corrected chi connectivity index (χ3v) is 3.41. The van der Waals surface area contributed by atoms with E-state index in [0.717, 1.165) is 36.8 Å². The molecule has 3 heterocycles. The van der Waals surface area contributed by atoms with Crippen LogP contribution >= 0.6 is 0 Å². The monoisotopic (exact) mass is 244 g/mol. The number of aromatic nitrogens is 5. The summed E-state index contributed by atoms with van der Waals surface area (Å²) < 4.78 is 2.00.